The van der Waals surface area contributed by atoms with Gasteiger partial charge in [-0.3, -0.25) is 0 Å². The van der Waals surface area contributed by atoms with E-state index in [-0.39, 0.29) is 5.69 Å². The number of hydrogen-bond donors (Lipinski definition) is 0. The Morgan fingerprint density at radius 2 is 2.24 bits per heavy atom. The van der Waals surface area contributed by atoms with Gasteiger partial charge >= 0.3 is 5.97 Å². The van der Waals surface area contributed by atoms with Crippen molar-refractivity contribution in [3.05, 3.63) is 23.5 Å². The number of carbonyl (C=O) groups is 1. The summed E-state index contributed by atoms with van der Waals surface area (Å²) < 4.78 is 4.73. The molecule has 5 heteroatoms. The lowest BCUT2D eigenvalue weighted by Crippen LogP contribution is -2.23. The third-order valence-electron chi connectivity index (χ3n) is 2.86. The fraction of sp³-hybridized carbons (Fsp3) is 0.417. The van der Waals surface area contributed by atoms with Crippen molar-refractivity contribution in [3.8, 4) is 6.07 Å². The quantitative estimate of drug-likeness (QED) is 0.718. The summed E-state index contributed by atoms with van der Waals surface area (Å²) in [6, 6.07) is 3.63. The lowest BCUT2D eigenvalue weighted by Gasteiger charge is -2.20. The third kappa shape index (κ3) is 2.07. The van der Waals surface area contributed by atoms with Gasteiger partial charge in [0.1, 0.15) is 6.07 Å². The van der Waals surface area contributed by atoms with E-state index in [4.69, 9.17) is 10.00 Å². The Balaban J connectivity index is 2.51. The molecule has 2 rings (SSSR count). The summed E-state index contributed by atoms with van der Waals surface area (Å²) >= 11 is 0. The zero-order chi connectivity index (χ0) is 12.3. The first kappa shape index (κ1) is 11.4. The molecule has 0 bridgehead atoms. The summed E-state index contributed by atoms with van der Waals surface area (Å²) in [5, 5.41) is 9.07. The van der Waals surface area contributed by atoms with Crippen LogP contribution in [0.2, 0.25) is 0 Å². The number of rotatable bonds is 2. The van der Waals surface area contributed by atoms with Crippen molar-refractivity contribution in [1.82, 2.24) is 4.98 Å². The molecule has 17 heavy (non-hydrogen) atoms. The second kappa shape index (κ2) is 4.83. The van der Waals surface area contributed by atoms with E-state index in [1.807, 2.05) is 11.0 Å². The topological polar surface area (TPSA) is 66.2 Å². The van der Waals surface area contributed by atoms with E-state index in [9.17, 15) is 4.79 Å². The molecule has 0 amide bonds. The molecular formula is C12H13N3O2. The molecule has 1 fully saturated rings. The second-order valence-electron chi connectivity index (χ2n) is 3.85. The van der Waals surface area contributed by atoms with Gasteiger partial charge in [-0.15, -0.1) is 0 Å². The highest BCUT2D eigenvalue weighted by Crippen LogP contribution is 2.27. The fourth-order valence-corrected chi connectivity index (χ4v) is 2.07. The maximum absolute atomic E-state index is 11.7. The van der Waals surface area contributed by atoms with Crippen molar-refractivity contribution in [1.29, 1.82) is 5.26 Å². The van der Waals surface area contributed by atoms with E-state index in [0.29, 0.717) is 11.3 Å². The second-order valence-corrected chi connectivity index (χ2v) is 3.85. The van der Waals surface area contributed by atoms with Gasteiger partial charge in [0.15, 0.2) is 5.69 Å². The van der Waals surface area contributed by atoms with E-state index in [2.05, 4.69) is 4.98 Å². The number of nitrogens with zero attached hydrogens (tertiary/aromatic N) is 3. The predicted molar refractivity (Wildman–Crippen MR) is 61.7 cm³/mol. The molecule has 5 nitrogen and oxygen atoms in total. The van der Waals surface area contributed by atoms with Gasteiger partial charge in [-0.05, 0) is 18.9 Å². The molecule has 0 atom stereocenters. The van der Waals surface area contributed by atoms with Crippen molar-refractivity contribution >= 4 is 11.7 Å². The number of esters is 1. The Labute approximate surface area is 99.6 Å². The maximum atomic E-state index is 11.7. The summed E-state index contributed by atoms with van der Waals surface area (Å²) in [6.07, 6.45) is 3.60. The molecule has 1 aromatic heterocycles. The number of pyridine rings is 1. The number of anilines is 1. The van der Waals surface area contributed by atoms with Crippen LogP contribution in [0.15, 0.2) is 12.3 Å². The molecule has 0 saturated carbocycles. The zero-order valence-electron chi connectivity index (χ0n) is 9.64. The summed E-state index contributed by atoms with van der Waals surface area (Å²) in [6.45, 7) is 1.70. The van der Waals surface area contributed by atoms with Crippen LogP contribution >= 0.6 is 0 Å². The maximum Gasteiger partial charge on any atom is 0.340 e. The van der Waals surface area contributed by atoms with Crippen LogP contribution in [0.5, 0.6) is 0 Å². The molecule has 0 N–H and O–H groups in total. The van der Waals surface area contributed by atoms with Gasteiger partial charge in [0.2, 0.25) is 0 Å². The van der Waals surface area contributed by atoms with Crippen LogP contribution in [-0.4, -0.2) is 31.2 Å². The van der Waals surface area contributed by atoms with Gasteiger partial charge in [-0.1, -0.05) is 0 Å². The standard InChI is InChI=1S/C12H13N3O2/c1-17-12(16)9-4-5-14-10(8-13)11(9)15-6-2-3-7-15/h4-5H,2-3,6-7H2,1H3. The normalized spacial score (nSPS) is 14.5. The molecule has 0 spiro atoms. The summed E-state index contributed by atoms with van der Waals surface area (Å²) in [5.41, 5.74) is 1.31. The lowest BCUT2D eigenvalue weighted by atomic mass is 10.1. The first-order chi connectivity index (χ1) is 8.27. The number of nitriles is 1. The summed E-state index contributed by atoms with van der Waals surface area (Å²) in [7, 11) is 1.34. The lowest BCUT2D eigenvalue weighted by molar-refractivity contribution is 0.0601. The van der Waals surface area contributed by atoms with Gasteiger partial charge in [-0.25, -0.2) is 9.78 Å². The number of ether oxygens (including phenoxy) is 1. The van der Waals surface area contributed by atoms with Gasteiger partial charge in [0.05, 0.1) is 18.4 Å². The van der Waals surface area contributed by atoms with E-state index in [1.54, 1.807) is 6.07 Å². The van der Waals surface area contributed by atoms with Crippen LogP contribution in [0.4, 0.5) is 5.69 Å². The first-order valence-electron chi connectivity index (χ1n) is 5.50. The highest BCUT2D eigenvalue weighted by Gasteiger charge is 2.23. The molecule has 0 unspecified atom stereocenters. The average Bonchev–Trinajstić information content (AvgIpc) is 2.90. The molecule has 1 saturated heterocycles. The molecule has 2 heterocycles. The largest absolute Gasteiger partial charge is 0.465 e. The van der Waals surface area contributed by atoms with E-state index < -0.39 is 5.97 Å². The minimum absolute atomic E-state index is 0.287. The highest BCUT2D eigenvalue weighted by atomic mass is 16.5. The van der Waals surface area contributed by atoms with Gasteiger partial charge < -0.3 is 9.64 Å². The van der Waals surface area contributed by atoms with Gasteiger partial charge in [0.25, 0.3) is 0 Å². The van der Waals surface area contributed by atoms with Crippen LogP contribution in [-0.2, 0) is 4.74 Å². The van der Waals surface area contributed by atoms with Crippen LogP contribution in [0.25, 0.3) is 0 Å². The molecule has 0 radical (unpaired) electrons. The Hall–Kier alpha value is -2.09. The Morgan fingerprint density at radius 3 is 2.82 bits per heavy atom. The van der Waals surface area contributed by atoms with Crippen molar-refractivity contribution < 1.29 is 9.53 Å². The summed E-state index contributed by atoms with van der Waals surface area (Å²) in [5.74, 6) is -0.425. The smallest absolute Gasteiger partial charge is 0.340 e. The van der Waals surface area contributed by atoms with Crippen molar-refractivity contribution in [2.45, 2.75) is 12.8 Å². The molecule has 0 aromatic carbocycles. The number of hydrogen-bond acceptors (Lipinski definition) is 5. The Kier molecular flexibility index (Phi) is 3.24. The monoisotopic (exact) mass is 231 g/mol. The van der Waals surface area contributed by atoms with E-state index >= 15 is 0 Å². The van der Waals surface area contributed by atoms with Gasteiger partial charge in [-0.2, -0.15) is 5.26 Å². The minimum atomic E-state index is -0.425. The molecule has 1 aliphatic rings. The van der Waals surface area contributed by atoms with Crippen LogP contribution in [0.1, 0.15) is 28.9 Å². The van der Waals surface area contributed by atoms with Crippen LogP contribution < -0.4 is 4.90 Å². The third-order valence-corrected chi connectivity index (χ3v) is 2.86. The average molecular weight is 231 g/mol. The molecular weight excluding hydrogens is 218 g/mol. The van der Waals surface area contributed by atoms with Crippen molar-refractivity contribution in [3.63, 3.8) is 0 Å². The van der Waals surface area contributed by atoms with Crippen molar-refractivity contribution in [2.24, 2.45) is 0 Å². The van der Waals surface area contributed by atoms with Gasteiger partial charge in [0, 0.05) is 19.3 Å². The number of aromatic nitrogens is 1. The number of methoxy groups -OCH3 is 1. The SMILES string of the molecule is COC(=O)c1ccnc(C#N)c1N1CCCC1. The highest BCUT2D eigenvalue weighted by molar-refractivity contribution is 5.96. The van der Waals surface area contributed by atoms with E-state index in [1.165, 1.54) is 13.3 Å². The Morgan fingerprint density at radius 1 is 1.53 bits per heavy atom. The fourth-order valence-electron chi connectivity index (χ4n) is 2.07. The van der Waals surface area contributed by atoms with E-state index in [0.717, 1.165) is 25.9 Å². The van der Waals surface area contributed by atoms with Crippen LogP contribution in [0, 0.1) is 11.3 Å². The Bertz CT molecular complexity index is 473. The predicted octanol–water partition coefficient (Wildman–Crippen LogP) is 1.34. The van der Waals surface area contributed by atoms with Crippen molar-refractivity contribution in [2.75, 3.05) is 25.1 Å². The molecule has 1 aromatic rings. The minimum Gasteiger partial charge on any atom is -0.465 e. The molecule has 1 aliphatic heterocycles. The number of carbonyl (C=O) groups excluding carboxylic acids is 1. The molecule has 0 aliphatic carbocycles. The van der Waals surface area contributed by atoms with Crippen LogP contribution in [0.3, 0.4) is 0 Å². The molecule has 88 valence electrons. The zero-order valence-corrected chi connectivity index (χ0v) is 9.64. The first-order valence-corrected chi connectivity index (χ1v) is 5.50. The summed E-state index contributed by atoms with van der Waals surface area (Å²) in [4.78, 5) is 17.7.